The quantitative estimate of drug-likeness (QED) is 0.459. The molecule has 27 heavy (non-hydrogen) atoms. The number of hydrogen-bond acceptors (Lipinski definition) is 3. The Hall–Kier alpha value is -1.35. The summed E-state index contributed by atoms with van der Waals surface area (Å²) in [6.45, 7) is 15.9. The minimum atomic E-state index is -0.261. The highest BCUT2D eigenvalue weighted by molar-refractivity contribution is 5.70. The molecule has 0 radical (unpaired) electrons. The van der Waals surface area contributed by atoms with Gasteiger partial charge < -0.3 is 9.47 Å². The molecule has 0 aliphatic heterocycles. The second-order valence-electron chi connectivity index (χ2n) is 9.68. The van der Waals surface area contributed by atoms with Crippen molar-refractivity contribution in [2.24, 2.45) is 11.3 Å². The molecular weight excluding hydrogens is 336 g/mol. The molecule has 3 atom stereocenters. The lowest BCUT2D eigenvalue weighted by molar-refractivity contribution is -0.131. The van der Waals surface area contributed by atoms with Crippen LogP contribution in [0, 0.1) is 11.3 Å². The average molecular weight is 373 g/mol. The van der Waals surface area contributed by atoms with E-state index in [0.29, 0.717) is 23.7 Å². The van der Waals surface area contributed by atoms with Gasteiger partial charge in [-0.3, -0.25) is 4.79 Å². The highest BCUT2D eigenvalue weighted by Crippen LogP contribution is 2.61. The normalized spacial score (nSPS) is 29.2. The summed E-state index contributed by atoms with van der Waals surface area (Å²) in [6.07, 6.45) is 4.89. The monoisotopic (exact) mass is 372 g/mol. The van der Waals surface area contributed by atoms with Crippen LogP contribution in [0.3, 0.4) is 0 Å². The average Bonchev–Trinajstić information content (AvgIpc) is 2.55. The molecule has 1 saturated carbocycles. The predicted octanol–water partition coefficient (Wildman–Crippen LogP) is 6.30. The summed E-state index contributed by atoms with van der Waals surface area (Å²) in [5, 5.41) is 0. The topological polar surface area (TPSA) is 35.5 Å². The Bertz CT molecular complexity index is 719. The zero-order valence-corrected chi connectivity index (χ0v) is 18.1. The lowest BCUT2D eigenvalue weighted by Gasteiger charge is -2.56. The molecule has 0 amide bonds. The summed E-state index contributed by atoms with van der Waals surface area (Å²) >= 11 is 0. The van der Waals surface area contributed by atoms with Gasteiger partial charge in [0.1, 0.15) is 5.75 Å². The van der Waals surface area contributed by atoms with E-state index in [4.69, 9.17) is 9.47 Å². The van der Waals surface area contributed by atoms with Gasteiger partial charge in [-0.1, -0.05) is 47.1 Å². The van der Waals surface area contributed by atoms with E-state index in [-0.39, 0.29) is 23.4 Å². The SMILES string of the molecule is CCO[C@@H]1C[C@H]2C(C)(C)CCC[C@]2(C)c2ccc(OC(C)=O)c(C(C)C)c21. The van der Waals surface area contributed by atoms with Crippen molar-refractivity contribution in [2.45, 2.75) is 91.6 Å². The molecule has 3 rings (SSSR count). The maximum absolute atomic E-state index is 11.7. The molecule has 1 aromatic carbocycles. The molecule has 150 valence electrons. The Morgan fingerprint density at radius 1 is 1.22 bits per heavy atom. The van der Waals surface area contributed by atoms with Gasteiger partial charge in [0.2, 0.25) is 0 Å². The molecule has 0 bridgehead atoms. The molecule has 0 spiro atoms. The fourth-order valence-corrected chi connectivity index (χ4v) is 6.01. The van der Waals surface area contributed by atoms with Crippen molar-refractivity contribution in [3.8, 4) is 5.75 Å². The fraction of sp³-hybridized carbons (Fsp3) is 0.708. The van der Waals surface area contributed by atoms with Crippen LogP contribution in [0.25, 0.3) is 0 Å². The van der Waals surface area contributed by atoms with Gasteiger partial charge in [-0.25, -0.2) is 0 Å². The molecule has 3 nitrogen and oxygen atoms in total. The van der Waals surface area contributed by atoms with Crippen molar-refractivity contribution >= 4 is 5.97 Å². The van der Waals surface area contributed by atoms with Crippen LogP contribution < -0.4 is 4.74 Å². The van der Waals surface area contributed by atoms with E-state index in [1.807, 2.05) is 6.07 Å². The van der Waals surface area contributed by atoms with Gasteiger partial charge in [-0.2, -0.15) is 0 Å². The second-order valence-corrected chi connectivity index (χ2v) is 9.68. The van der Waals surface area contributed by atoms with Crippen molar-refractivity contribution in [3.63, 3.8) is 0 Å². The molecule has 2 aliphatic carbocycles. The Labute approximate surface area is 164 Å². The van der Waals surface area contributed by atoms with Gasteiger partial charge in [-0.15, -0.1) is 0 Å². The minimum absolute atomic E-state index is 0.0772. The number of esters is 1. The third-order valence-electron chi connectivity index (χ3n) is 7.06. The molecule has 0 saturated heterocycles. The predicted molar refractivity (Wildman–Crippen MR) is 109 cm³/mol. The maximum Gasteiger partial charge on any atom is 0.308 e. The van der Waals surface area contributed by atoms with Crippen molar-refractivity contribution in [1.82, 2.24) is 0 Å². The van der Waals surface area contributed by atoms with Gasteiger partial charge in [0.05, 0.1) is 6.10 Å². The summed E-state index contributed by atoms with van der Waals surface area (Å²) in [7, 11) is 0. The van der Waals surface area contributed by atoms with E-state index in [0.717, 1.165) is 12.0 Å². The van der Waals surface area contributed by atoms with Crippen molar-refractivity contribution in [3.05, 3.63) is 28.8 Å². The Morgan fingerprint density at radius 3 is 2.52 bits per heavy atom. The van der Waals surface area contributed by atoms with E-state index in [9.17, 15) is 4.79 Å². The summed E-state index contributed by atoms with van der Waals surface area (Å²) in [5.74, 6) is 1.32. The highest BCUT2D eigenvalue weighted by Gasteiger charge is 2.52. The maximum atomic E-state index is 11.7. The molecular formula is C24H36O3. The number of carbonyl (C=O) groups excluding carboxylic acids is 1. The van der Waals surface area contributed by atoms with Crippen LogP contribution in [0.1, 0.15) is 103 Å². The number of benzene rings is 1. The zero-order chi connectivity index (χ0) is 20.0. The van der Waals surface area contributed by atoms with Crippen molar-refractivity contribution < 1.29 is 14.3 Å². The van der Waals surface area contributed by atoms with Gasteiger partial charge >= 0.3 is 5.97 Å². The van der Waals surface area contributed by atoms with Crippen LogP contribution in [0.15, 0.2) is 12.1 Å². The van der Waals surface area contributed by atoms with Crippen molar-refractivity contribution in [2.75, 3.05) is 6.61 Å². The van der Waals surface area contributed by atoms with E-state index >= 15 is 0 Å². The summed E-state index contributed by atoms with van der Waals surface area (Å²) < 4.78 is 11.9. The van der Waals surface area contributed by atoms with Gasteiger partial charge in [0.25, 0.3) is 0 Å². The van der Waals surface area contributed by atoms with Gasteiger partial charge in [0, 0.05) is 19.1 Å². The number of rotatable bonds is 4. The van der Waals surface area contributed by atoms with Crippen LogP contribution >= 0.6 is 0 Å². The third-order valence-corrected chi connectivity index (χ3v) is 7.06. The van der Waals surface area contributed by atoms with E-state index in [1.165, 1.54) is 37.3 Å². The van der Waals surface area contributed by atoms with Crippen molar-refractivity contribution in [1.29, 1.82) is 0 Å². The van der Waals surface area contributed by atoms with Crippen LogP contribution in [-0.4, -0.2) is 12.6 Å². The first-order valence-electron chi connectivity index (χ1n) is 10.6. The van der Waals surface area contributed by atoms with E-state index in [1.54, 1.807) is 0 Å². The molecule has 2 aliphatic rings. The largest absolute Gasteiger partial charge is 0.426 e. The molecule has 0 heterocycles. The first-order valence-corrected chi connectivity index (χ1v) is 10.6. The first-order chi connectivity index (χ1) is 12.6. The third kappa shape index (κ3) is 3.44. The van der Waals surface area contributed by atoms with Gasteiger partial charge in [-0.05, 0) is 66.0 Å². The smallest absolute Gasteiger partial charge is 0.308 e. The Morgan fingerprint density at radius 2 is 1.93 bits per heavy atom. The van der Waals surface area contributed by atoms with Crippen LogP contribution in [0.2, 0.25) is 0 Å². The molecule has 0 unspecified atom stereocenters. The highest BCUT2D eigenvalue weighted by atomic mass is 16.5. The molecule has 3 heteroatoms. The number of ether oxygens (including phenoxy) is 2. The lowest BCUT2D eigenvalue weighted by Crippen LogP contribution is -2.49. The van der Waals surface area contributed by atoms with Crippen LogP contribution in [0.5, 0.6) is 5.75 Å². The summed E-state index contributed by atoms with van der Waals surface area (Å²) in [6, 6.07) is 4.24. The summed E-state index contributed by atoms with van der Waals surface area (Å²) in [5.41, 5.74) is 4.34. The molecule has 1 fully saturated rings. The molecule has 1 aromatic rings. The minimum Gasteiger partial charge on any atom is -0.426 e. The van der Waals surface area contributed by atoms with Gasteiger partial charge in [0.15, 0.2) is 0 Å². The molecule has 0 N–H and O–H groups in total. The molecule has 0 aromatic heterocycles. The zero-order valence-electron chi connectivity index (χ0n) is 18.1. The van der Waals surface area contributed by atoms with Crippen LogP contribution in [-0.2, 0) is 14.9 Å². The second kappa shape index (κ2) is 7.24. The number of hydrogen-bond donors (Lipinski definition) is 0. The number of carbonyl (C=O) groups is 1. The van der Waals surface area contributed by atoms with E-state index < -0.39 is 0 Å². The summed E-state index contributed by atoms with van der Waals surface area (Å²) in [4.78, 5) is 11.7. The number of fused-ring (bicyclic) bond motifs is 3. The Balaban J connectivity index is 2.24. The Kier molecular flexibility index (Phi) is 5.46. The first kappa shape index (κ1) is 20.4. The standard InChI is InChI=1S/C24H36O3/c1-8-26-19-14-20-23(5,6)12-9-13-24(20,7)17-10-11-18(27-16(4)25)21(15(2)3)22(17)19/h10-11,15,19-20H,8-9,12-14H2,1-7H3/t19-,20+,24-/m1/s1. The van der Waals surface area contributed by atoms with Crippen LogP contribution in [0.4, 0.5) is 0 Å². The fourth-order valence-electron chi connectivity index (χ4n) is 6.01. The van der Waals surface area contributed by atoms with E-state index in [2.05, 4.69) is 47.6 Å². The lowest BCUT2D eigenvalue weighted by atomic mass is 9.49.